The van der Waals surface area contributed by atoms with Gasteiger partial charge in [-0.3, -0.25) is 4.79 Å². The zero-order valence-electron chi connectivity index (χ0n) is 12.9. The van der Waals surface area contributed by atoms with Gasteiger partial charge < -0.3 is 14.4 Å². The number of likely N-dealkylation sites (tertiary alicyclic amines) is 1. The summed E-state index contributed by atoms with van der Waals surface area (Å²) in [6, 6.07) is -0.247. The van der Waals surface area contributed by atoms with Crippen LogP contribution in [-0.4, -0.2) is 41.2 Å². The lowest BCUT2D eigenvalue weighted by atomic mass is 9.86. The fourth-order valence-electron chi connectivity index (χ4n) is 2.99. The number of amides is 1. The van der Waals surface area contributed by atoms with E-state index in [0.29, 0.717) is 12.5 Å². The molecule has 0 aromatic heterocycles. The average Bonchev–Trinajstić information content (AvgIpc) is 3.20. The highest BCUT2D eigenvalue weighted by Gasteiger charge is 2.48. The number of hydrogen-bond acceptors (Lipinski definition) is 4. The van der Waals surface area contributed by atoms with Gasteiger partial charge in [-0.15, -0.1) is 0 Å². The van der Waals surface area contributed by atoms with Crippen LogP contribution in [0.15, 0.2) is 0 Å². The zero-order chi connectivity index (χ0) is 15.6. The van der Waals surface area contributed by atoms with Crippen molar-refractivity contribution < 1.29 is 19.1 Å². The molecule has 120 valence electrons. The average molecular weight is 318 g/mol. The predicted octanol–water partition coefficient (Wildman–Crippen LogP) is 3.15. The summed E-state index contributed by atoms with van der Waals surface area (Å²) < 4.78 is 10.4. The van der Waals surface area contributed by atoms with Gasteiger partial charge in [-0.25, -0.2) is 4.79 Å². The van der Waals surface area contributed by atoms with E-state index in [1.54, 1.807) is 4.90 Å². The molecule has 0 spiro atoms. The molecule has 5 nitrogen and oxygen atoms in total. The van der Waals surface area contributed by atoms with E-state index < -0.39 is 5.60 Å². The molecular formula is C15H24ClNO4. The Hall–Kier alpha value is -0.970. The van der Waals surface area contributed by atoms with Crippen LogP contribution in [0, 0.1) is 11.8 Å². The number of nitrogens with zero attached hydrogens (tertiary/aromatic N) is 1. The van der Waals surface area contributed by atoms with E-state index in [-0.39, 0.29) is 30.1 Å². The van der Waals surface area contributed by atoms with Crippen LogP contribution >= 0.6 is 11.6 Å². The van der Waals surface area contributed by atoms with Crippen LogP contribution < -0.4 is 0 Å². The van der Waals surface area contributed by atoms with Gasteiger partial charge in [0.15, 0.2) is 6.07 Å². The summed E-state index contributed by atoms with van der Waals surface area (Å²) in [5.74, 6) is -0.196. The number of rotatable bonds is 3. The number of ether oxygens (including phenoxy) is 2. The monoisotopic (exact) mass is 317 g/mol. The van der Waals surface area contributed by atoms with Crippen molar-refractivity contribution in [1.29, 1.82) is 0 Å². The summed E-state index contributed by atoms with van der Waals surface area (Å²) in [6.45, 7) is 6.18. The molecule has 2 aliphatic rings. The van der Waals surface area contributed by atoms with Crippen LogP contribution in [0.3, 0.4) is 0 Å². The number of carbonyl (C=O) groups excluding carboxylic acids is 2. The summed E-state index contributed by atoms with van der Waals surface area (Å²) >= 11 is 5.50. The third-order valence-corrected chi connectivity index (χ3v) is 4.03. The second-order valence-corrected chi connectivity index (χ2v) is 7.04. The number of alkyl halides is 1. The summed E-state index contributed by atoms with van der Waals surface area (Å²) in [7, 11) is 0. The maximum absolute atomic E-state index is 12.4. The van der Waals surface area contributed by atoms with Gasteiger partial charge >= 0.3 is 12.1 Å². The van der Waals surface area contributed by atoms with Gasteiger partial charge in [-0.1, -0.05) is 11.6 Å². The molecule has 0 aromatic carbocycles. The molecule has 0 bridgehead atoms. The second-order valence-electron chi connectivity index (χ2n) is 6.82. The third-order valence-electron chi connectivity index (χ3n) is 3.92. The minimum atomic E-state index is -0.533. The minimum absolute atomic E-state index is 0.107. The first-order valence-corrected chi connectivity index (χ1v) is 8.09. The van der Waals surface area contributed by atoms with Crippen LogP contribution in [-0.2, 0) is 14.3 Å². The molecule has 2 atom stereocenters. The quantitative estimate of drug-likeness (QED) is 0.592. The molecule has 1 saturated heterocycles. The molecule has 0 aromatic rings. The lowest BCUT2D eigenvalue weighted by molar-refractivity contribution is -0.151. The third kappa shape index (κ3) is 4.25. The molecule has 1 aliphatic heterocycles. The molecule has 1 aliphatic carbocycles. The molecule has 1 saturated carbocycles. The van der Waals surface area contributed by atoms with Gasteiger partial charge in [0.1, 0.15) is 5.60 Å². The predicted molar refractivity (Wildman–Crippen MR) is 79.0 cm³/mol. The molecule has 21 heavy (non-hydrogen) atoms. The molecule has 0 radical (unpaired) electrons. The molecule has 2 unspecified atom stereocenters. The van der Waals surface area contributed by atoms with Gasteiger partial charge in [0.25, 0.3) is 0 Å². The molecule has 2 fully saturated rings. The first-order chi connectivity index (χ1) is 9.83. The zero-order valence-corrected chi connectivity index (χ0v) is 13.7. The Morgan fingerprint density at radius 1 is 1.24 bits per heavy atom. The number of piperidine rings is 1. The first-order valence-electron chi connectivity index (χ1n) is 7.55. The van der Waals surface area contributed by atoms with Crippen molar-refractivity contribution in [3.8, 4) is 0 Å². The molecule has 1 amide bonds. The Kier molecular flexibility index (Phi) is 5.02. The van der Waals surface area contributed by atoms with Gasteiger partial charge in [0.2, 0.25) is 0 Å². The van der Waals surface area contributed by atoms with Crippen LogP contribution in [0.4, 0.5) is 4.79 Å². The highest BCUT2D eigenvalue weighted by molar-refractivity contribution is 6.17. The van der Waals surface area contributed by atoms with E-state index in [9.17, 15) is 9.59 Å². The highest BCUT2D eigenvalue weighted by atomic mass is 35.5. The second kappa shape index (κ2) is 6.42. The van der Waals surface area contributed by atoms with Crippen LogP contribution in [0.1, 0.15) is 46.5 Å². The molecule has 6 heteroatoms. The van der Waals surface area contributed by atoms with Gasteiger partial charge in [0.05, 0.1) is 12.0 Å². The van der Waals surface area contributed by atoms with E-state index in [1.165, 1.54) is 0 Å². The van der Waals surface area contributed by atoms with Crippen LogP contribution in [0.25, 0.3) is 0 Å². The van der Waals surface area contributed by atoms with Gasteiger partial charge in [-0.05, 0) is 52.4 Å². The van der Waals surface area contributed by atoms with Crippen LogP contribution in [0.5, 0.6) is 0 Å². The SMILES string of the molecule is CC(C)(C)OC(=O)N1CCCC(C(=O)OCCl)C1C1CC1. The van der Waals surface area contributed by atoms with Crippen molar-refractivity contribution in [3.05, 3.63) is 0 Å². The largest absolute Gasteiger partial charge is 0.449 e. The summed E-state index contributed by atoms with van der Waals surface area (Å²) in [6.07, 6.45) is 3.30. The highest BCUT2D eigenvalue weighted by Crippen LogP contribution is 2.43. The summed E-state index contributed by atoms with van der Waals surface area (Å²) in [4.78, 5) is 26.2. The van der Waals surface area contributed by atoms with Crippen molar-refractivity contribution in [1.82, 2.24) is 4.90 Å². The van der Waals surface area contributed by atoms with Crippen molar-refractivity contribution >= 4 is 23.7 Å². The van der Waals surface area contributed by atoms with E-state index in [4.69, 9.17) is 21.1 Å². The van der Waals surface area contributed by atoms with Crippen molar-refractivity contribution in [2.75, 3.05) is 12.6 Å². The minimum Gasteiger partial charge on any atom is -0.449 e. The lowest BCUT2D eigenvalue weighted by Gasteiger charge is -2.40. The fraction of sp³-hybridized carbons (Fsp3) is 0.867. The standard InChI is InChI=1S/C15H24ClNO4/c1-15(2,3)21-14(19)17-8-4-5-11(13(18)20-9-16)12(17)10-6-7-10/h10-12H,4-9H2,1-3H3. The van der Waals surface area contributed by atoms with Crippen LogP contribution in [0.2, 0.25) is 0 Å². The topological polar surface area (TPSA) is 55.8 Å². The van der Waals surface area contributed by atoms with Crippen molar-refractivity contribution in [2.45, 2.75) is 58.1 Å². The fourth-order valence-corrected chi connectivity index (χ4v) is 3.10. The normalized spacial score (nSPS) is 26.4. The number of esters is 1. The molecule has 0 N–H and O–H groups in total. The van der Waals surface area contributed by atoms with Crippen molar-refractivity contribution in [3.63, 3.8) is 0 Å². The Morgan fingerprint density at radius 3 is 2.43 bits per heavy atom. The number of halogens is 1. The van der Waals surface area contributed by atoms with E-state index in [2.05, 4.69) is 0 Å². The molecule has 2 rings (SSSR count). The summed E-state index contributed by atoms with van der Waals surface area (Å²) in [5.41, 5.74) is -0.533. The molecular weight excluding hydrogens is 294 g/mol. The maximum Gasteiger partial charge on any atom is 0.410 e. The number of hydrogen-bond donors (Lipinski definition) is 0. The Bertz CT molecular complexity index is 403. The van der Waals surface area contributed by atoms with Crippen molar-refractivity contribution in [2.24, 2.45) is 11.8 Å². The molecule has 1 heterocycles. The van der Waals surface area contributed by atoms with E-state index in [1.807, 2.05) is 20.8 Å². The van der Waals surface area contributed by atoms with E-state index in [0.717, 1.165) is 25.7 Å². The Balaban J connectivity index is 2.12. The van der Waals surface area contributed by atoms with E-state index >= 15 is 0 Å². The Labute approximate surface area is 130 Å². The van der Waals surface area contributed by atoms with Gasteiger partial charge in [0, 0.05) is 6.54 Å². The Morgan fingerprint density at radius 2 is 1.90 bits per heavy atom. The maximum atomic E-state index is 12.4. The lowest BCUT2D eigenvalue weighted by Crippen LogP contribution is -2.53. The first kappa shape index (κ1) is 16.4. The van der Waals surface area contributed by atoms with Gasteiger partial charge in [-0.2, -0.15) is 0 Å². The smallest absolute Gasteiger partial charge is 0.410 e. The number of carbonyl (C=O) groups is 2. The summed E-state index contributed by atoms with van der Waals surface area (Å²) in [5, 5.41) is 0.